The van der Waals surface area contributed by atoms with Gasteiger partial charge in [0.25, 0.3) is 0 Å². The molecule has 1 aliphatic heterocycles. The summed E-state index contributed by atoms with van der Waals surface area (Å²) in [5.41, 5.74) is 1.25. The van der Waals surface area contributed by atoms with E-state index in [4.69, 9.17) is 4.98 Å². The largest absolute Gasteiger partial charge is 0.308 e. The first-order chi connectivity index (χ1) is 9.17. The third-order valence-corrected chi connectivity index (χ3v) is 4.83. The van der Waals surface area contributed by atoms with Crippen LogP contribution in [0.1, 0.15) is 50.7 Å². The first-order valence-electron chi connectivity index (χ1n) is 7.56. The molecule has 4 heteroatoms. The minimum Gasteiger partial charge on any atom is -0.308 e. The predicted molar refractivity (Wildman–Crippen MR) is 82.4 cm³/mol. The molecule has 1 aromatic heterocycles. The first-order valence-corrected chi connectivity index (χ1v) is 8.44. The molecule has 1 aliphatic rings. The summed E-state index contributed by atoms with van der Waals surface area (Å²) in [7, 11) is 0. The quantitative estimate of drug-likeness (QED) is 0.867. The topological polar surface area (TPSA) is 28.2 Å². The number of aromatic nitrogens is 1. The Morgan fingerprint density at radius 2 is 2.16 bits per heavy atom. The molecule has 1 N–H and O–H groups in total. The second kappa shape index (κ2) is 7.36. The fourth-order valence-electron chi connectivity index (χ4n) is 2.58. The number of piperidine rings is 1. The van der Waals surface area contributed by atoms with Crippen molar-refractivity contribution in [3.05, 3.63) is 16.1 Å². The fourth-order valence-corrected chi connectivity index (χ4v) is 3.31. The zero-order valence-electron chi connectivity index (χ0n) is 12.5. The molecule has 2 rings (SSSR count). The fraction of sp³-hybridized carbons (Fsp3) is 0.800. The number of likely N-dealkylation sites (tertiary alicyclic amines) is 1. The molecule has 0 bridgehead atoms. The standard InChI is InChI=1S/C15H27N3S/c1-4-13-5-7-18(8-6-13)10-14-11-19-15(17-14)9-16-12(2)3/h11-13,16H,4-10H2,1-3H3. The lowest BCUT2D eigenvalue weighted by molar-refractivity contribution is 0.173. The summed E-state index contributed by atoms with van der Waals surface area (Å²) in [6.07, 6.45) is 4.07. The number of hydrogen-bond acceptors (Lipinski definition) is 4. The Morgan fingerprint density at radius 1 is 1.42 bits per heavy atom. The van der Waals surface area contributed by atoms with Gasteiger partial charge in [0.15, 0.2) is 0 Å². The highest BCUT2D eigenvalue weighted by Gasteiger charge is 2.18. The molecule has 0 unspecified atom stereocenters. The molecule has 1 saturated heterocycles. The van der Waals surface area contributed by atoms with Gasteiger partial charge in [-0.3, -0.25) is 4.90 Å². The van der Waals surface area contributed by atoms with E-state index in [1.54, 1.807) is 11.3 Å². The van der Waals surface area contributed by atoms with E-state index in [-0.39, 0.29) is 0 Å². The van der Waals surface area contributed by atoms with Gasteiger partial charge in [0.1, 0.15) is 5.01 Å². The van der Waals surface area contributed by atoms with Crippen LogP contribution in [0.25, 0.3) is 0 Å². The summed E-state index contributed by atoms with van der Waals surface area (Å²) in [6, 6.07) is 0.528. The summed E-state index contributed by atoms with van der Waals surface area (Å²) >= 11 is 1.78. The minimum absolute atomic E-state index is 0.528. The van der Waals surface area contributed by atoms with Crippen LogP contribution in [0.5, 0.6) is 0 Å². The van der Waals surface area contributed by atoms with Crippen LogP contribution in [0.3, 0.4) is 0 Å². The highest BCUT2D eigenvalue weighted by molar-refractivity contribution is 7.09. The van der Waals surface area contributed by atoms with E-state index in [1.807, 2.05) is 0 Å². The Balaban J connectivity index is 1.77. The summed E-state index contributed by atoms with van der Waals surface area (Å²) < 4.78 is 0. The van der Waals surface area contributed by atoms with Crippen molar-refractivity contribution < 1.29 is 0 Å². The molecule has 0 amide bonds. The molecule has 0 aliphatic carbocycles. The van der Waals surface area contributed by atoms with E-state index < -0.39 is 0 Å². The molecule has 0 atom stereocenters. The lowest BCUT2D eigenvalue weighted by Crippen LogP contribution is -2.33. The van der Waals surface area contributed by atoms with E-state index in [2.05, 4.69) is 36.4 Å². The van der Waals surface area contributed by atoms with Gasteiger partial charge in [-0.25, -0.2) is 4.98 Å². The second-order valence-corrected chi connectivity index (χ2v) is 6.84. The zero-order chi connectivity index (χ0) is 13.7. The van der Waals surface area contributed by atoms with E-state index in [1.165, 1.54) is 43.1 Å². The molecule has 3 nitrogen and oxygen atoms in total. The van der Waals surface area contributed by atoms with Crippen LogP contribution < -0.4 is 5.32 Å². The van der Waals surface area contributed by atoms with E-state index in [9.17, 15) is 0 Å². The monoisotopic (exact) mass is 281 g/mol. The van der Waals surface area contributed by atoms with Crippen molar-refractivity contribution in [2.45, 2.75) is 59.2 Å². The third kappa shape index (κ3) is 4.86. The normalized spacial score (nSPS) is 18.3. The molecule has 1 aromatic rings. The maximum absolute atomic E-state index is 4.73. The van der Waals surface area contributed by atoms with Gasteiger partial charge < -0.3 is 5.32 Å². The number of rotatable bonds is 6. The van der Waals surface area contributed by atoms with Gasteiger partial charge in [-0.05, 0) is 31.8 Å². The third-order valence-electron chi connectivity index (χ3n) is 3.93. The van der Waals surface area contributed by atoms with Gasteiger partial charge in [-0.2, -0.15) is 0 Å². The maximum atomic E-state index is 4.73. The molecule has 0 radical (unpaired) electrons. The van der Waals surface area contributed by atoms with Crippen LogP contribution in [0.15, 0.2) is 5.38 Å². The Bertz CT molecular complexity index is 367. The van der Waals surface area contributed by atoms with Gasteiger partial charge in [0, 0.05) is 24.5 Å². The average Bonchev–Trinajstić information content (AvgIpc) is 2.85. The molecule has 0 aromatic carbocycles. The smallest absolute Gasteiger partial charge is 0.107 e. The van der Waals surface area contributed by atoms with Gasteiger partial charge in [0.05, 0.1) is 5.69 Å². The highest BCUT2D eigenvalue weighted by atomic mass is 32.1. The van der Waals surface area contributed by atoms with Gasteiger partial charge in [-0.1, -0.05) is 27.2 Å². The Morgan fingerprint density at radius 3 is 2.79 bits per heavy atom. The second-order valence-electron chi connectivity index (χ2n) is 5.90. The molecular formula is C15H27N3S. The van der Waals surface area contributed by atoms with Gasteiger partial charge in [0.2, 0.25) is 0 Å². The van der Waals surface area contributed by atoms with Crippen molar-refractivity contribution in [2.75, 3.05) is 13.1 Å². The maximum Gasteiger partial charge on any atom is 0.107 e. The van der Waals surface area contributed by atoms with Crippen molar-refractivity contribution in [3.63, 3.8) is 0 Å². The van der Waals surface area contributed by atoms with E-state index in [0.717, 1.165) is 19.0 Å². The Labute approximate surface area is 121 Å². The average molecular weight is 281 g/mol. The number of hydrogen-bond donors (Lipinski definition) is 1. The molecule has 0 saturated carbocycles. The van der Waals surface area contributed by atoms with Crippen molar-refractivity contribution >= 4 is 11.3 Å². The van der Waals surface area contributed by atoms with Gasteiger partial charge >= 0.3 is 0 Å². The SMILES string of the molecule is CCC1CCN(Cc2csc(CNC(C)C)n2)CC1. The number of thiazole rings is 1. The van der Waals surface area contributed by atoms with Gasteiger partial charge in [-0.15, -0.1) is 11.3 Å². The van der Waals surface area contributed by atoms with E-state index in [0.29, 0.717) is 6.04 Å². The minimum atomic E-state index is 0.528. The zero-order valence-corrected chi connectivity index (χ0v) is 13.3. The summed E-state index contributed by atoms with van der Waals surface area (Å²) in [5, 5.41) is 6.87. The molecule has 108 valence electrons. The van der Waals surface area contributed by atoms with E-state index >= 15 is 0 Å². The molecule has 19 heavy (non-hydrogen) atoms. The van der Waals surface area contributed by atoms with Crippen molar-refractivity contribution in [3.8, 4) is 0 Å². The molecule has 0 spiro atoms. The predicted octanol–water partition coefficient (Wildman–Crippen LogP) is 3.26. The van der Waals surface area contributed by atoms with Crippen LogP contribution in [-0.4, -0.2) is 29.0 Å². The van der Waals surface area contributed by atoms with Crippen LogP contribution in [0.2, 0.25) is 0 Å². The summed E-state index contributed by atoms with van der Waals surface area (Å²) in [6.45, 7) is 11.1. The van der Waals surface area contributed by atoms with Crippen molar-refractivity contribution in [2.24, 2.45) is 5.92 Å². The van der Waals surface area contributed by atoms with Crippen molar-refractivity contribution in [1.29, 1.82) is 0 Å². The molecule has 2 heterocycles. The Hall–Kier alpha value is -0.450. The van der Waals surface area contributed by atoms with Crippen molar-refractivity contribution in [1.82, 2.24) is 15.2 Å². The van der Waals surface area contributed by atoms with Crippen LogP contribution in [0, 0.1) is 5.92 Å². The lowest BCUT2D eigenvalue weighted by Gasteiger charge is -2.30. The van der Waals surface area contributed by atoms with Crippen LogP contribution >= 0.6 is 11.3 Å². The summed E-state index contributed by atoms with van der Waals surface area (Å²) in [4.78, 5) is 7.29. The molecule has 1 fully saturated rings. The highest BCUT2D eigenvalue weighted by Crippen LogP contribution is 2.21. The molecular weight excluding hydrogens is 254 g/mol. The van der Waals surface area contributed by atoms with Crippen LogP contribution in [0.4, 0.5) is 0 Å². The number of nitrogens with zero attached hydrogens (tertiary/aromatic N) is 2. The van der Waals surface area contributed by atoms with Crippen LogP contribution in [-0.2, 0) is 13.1 Å². The first kappa shape index (κ1) is 14.9. The Kier molecular flexibility index (Phi) is 5.79. The summed E-state index contributed by atoms with van der Waals surface area (Å²) in [5.74, 6) is 0.956. The lowest BCUT2D eigenvalue weighted by atomic mass is 9.94. The number of nitrogens with one attached hydrogen (secondary N) is 1.